The van der Waals surface area contributed by atoms with Gasteiger partial charge in [0.05, 0.1) is 0 Å². The quantitative estimate of drug-likeness (QED) is 0.317. The minimum absolute atomic E-state index is 0.571. The van der Waals surface area contributed by atoms with Crippen molar-refractivity contribution in [2.45, 2.75) is 25.7 Å². The molecular weight excluding hydrogens is 447 g/mol. The second-order valence-corrected chi connectivity index (χ2v) is 10.9. The number of aryl methyl sites for hydroxylation is 4. The van der Waals surface area contributed by atoms with Crippen LogP contribution in [0.15, 0.2) is 102 Å². The molecule has 30 heavy (non-hydrogen) atoms. The molecule has 2 heteroatoms. The zero-order chi connectivity index (χ0) is 20.3. The van der Waals surface area contributed by atoms with Crippen LogP contribution in [-0.4, -0.2) is 0 Å². The smallest absolute Gasteiger partial charge is 0.0210 e. The predicted molar refractivity (Wildman–Crippen MR) is 134 cm³/mol. The highest BCUT2D eigenvalue weighted by atomic mass is 79.9. The van der Waals surface area contributed by atoms with Gasteiger partial charge in [-0.25, -0.2) is 0 Å². The summed E-state index contributed by atoms with van der Waals surface area (Å²) in [5.41, 5.74) is 5.73. The Kier molecular flexibility index (Phi) is 5.84. The van der Waals surface area contributed by atoms with E-state index >= 15 is 0 Å². The Hall–Kier alpha value is -2.21. The number of halogens is 1. The van der Waals surface area contributed by atoms with E-state index in [-0.39, 0.29) is 0 Å². The van der Waals surface area contributed by atoms with E-state index < -0.39 is 7.92 Å². The van der Waals surface area contributed by atoms with E-state index in [1.165, 1.54) is 42.6 Å². The van der Waals surface area contributed by atoms with Gasteiger partial charge in [0.2, 0.25) is 0 Å². The van der Waals surface area contributed by atoms with Crippen LogP contribution in [0.3, 0.4) is 0 Å². The molecule has 4 aliphatic rings. The van der Waals surface area contributed by atoms with Crippen molar-refractivity contribution in [3.63, 3.8) is 0 Å². The van der Waals surface area contributed by atoms with E-state index in [9.17, 15) is 0 Å². The van der Waals surface area contributed by atoms with Gasteiger partial charge in [0, 0.05) is 4.47 Å². The van der Waals surface area contributed by atoms with Crippen LogP contribution in [0, 0.1) is 0 Å². The summed E-state index contributed by atoms with van der Waals surface area (Å²) in [7, 11) is -0.571. The van der Waals surface area contributed by atoms with Crippen LogP contribution in [-0.2, 0) is 25.7 Å². The standard InChI is InChI=1S/C28H24BrP/c29-27-19-21-11-15-23(27)16-12-22-14-18-24(17-13-21)28(20-22)30(25-7-3-1-4-8-25)26-9-5-2-6-10-26/h1-11,14-15,18-20H,12-13,16-17H2. The molecule has 0 fully saturated rings. The minimum Gasteiger partial charge on any atom is -0.0622 e. The van der Waals surface area contributed by atoms with Crippen LogP contribution < -0.4 is 15.9 Å². The fourth-order valence-electron chi connectivity index (χ4n) is 4.27. The Morgan fingerprint density at radius 1 is 0.533 bits per heavy atom. The fourth-order valence-corrected chi connectivity index (χ4v) is 7.46. The summed E-state index contributed by atoms with van der Waals surface area (Å²) < 4.78 is 1.26. The average Bonchev–Trinajstić information content (AvgIpc) is 2.78. The van der Waals surface area contributed by atoms with Gasteiger partial charge in [-0.05, 0) is 77.8 Å². The molecule has 0 amide bonds. The maximum absolute atomic E-state index is 3.79. The van der Waals surface area contributed by atoms with Crippen LogP contribution in [0.2, 0.25) is 0 Å². The van der Waals surface area contributed by atoms with Gasteiger partial charge < -0.3 is 0 Å². The first-order chi connectivity index (χ1) is 14.8. The maximum Gasteiger partial charge on any atom is 0.0210 e. The van der Waals surface area contributed by atoms with Crippen molar-refractivity contribution in [1.82, 2.24) is 0 Å². The van der Waals surface area contributed by atoms with Gasteiger partial charge in [0.1, 0.15) is 0 Å². The molecule has 0 atom stereocenters. The number of hydrogen-bond donors (Lipinski definition) is 0. The zero-order valence-electron chi connectivity index (χ0n) is 16.9. The molecule has 0 aromatic heterocycles. The second kappa shape index (κ2) is 8.88. The van der Waals surface area contributed by atoms with Gasteiger partial charge in [0.15, 0.2) is 0 Å². The van der Waals surface area contributed by atoms with Crippen molar-refractivity contribution in [2.75, 3.05) is 0 Å². The highest BCUT2D eigenvalue weighted by Gasteiger charge is 2.20. The van der Waals surface area contributed by atoms with Gasteiger partial charge in [-0.3, -0.25) is 0 Å². The second-order valence-electron chi connectivity index (χ2n) is 7.90. The van der Waals surface area contributed by atoms with Gasteiger partial charge in [-0.1, -0.05) is 107 Å². The molecule has 4 aromatic rings. The maximum atomic E-state index is 3.79. The van der Waals surface area contributed by atoms with Gasteiger partial charge >= 0.3 is 0 Å². The summed E-state index contributed by atoms with van der Waals surface area (Å²) in [6.07, 6.45) is 4.27. The number of benzene rings is 4. The van der Waals surface area contributed by atoms with Gasteiger partial charge in [-0.2, -0.15) is 0 Å². The van der Waals surface area contributed by atoms with Crippen LogP contribution in [0.4, 0.5) is 0 Å². The highest BCUT2D eigenvalue weighted by molar-refractivity contribution is 9.10. The number of rotatable bonds is 3. The van der Waals surface area contributed by atoms with Crippen molar-refractivity contribution in [1.29, 1.82) is 0 Å². The lowest BCUT2D eigenvalue weighted by atomic mass is 9.97. The normalized spacial score (nSPS) is 13.3. The highest BCUT2D eigenvalue weighted by Crippen LogP contribution is 2.35. The zero-order valence-corrected chi connectivity index (χ0v) is 19.4. The molecule has 0 saturated carbocycles. The Labute approximate surface area is 188 Å². The molecule has 0 nitrogen and oxygen atoms in total. The van der Waals surface area contributed by atoms with E-state index in [1.54, 1.807) is 0 Å². The first-order valence-corrected chi connectivity index (χ1v) is 12.7. The third kappa shape index (κ3) is 4.15. The molecule has 4 aliphatic carbocycles. The number of hydrogen-bond acceptors (Lipinski definition) is 0. The van der Waals surface area contributed by atoms with Crippen LogP contribution in [0.25, 0.3) is 0 Å². The van der Waals surface area contributed by atoms with Crippen molar-refractivity contribution >= 4 is 39.8 Å². The molecule has 8 rings (SSSR count). The van der Waals surface area contributed by atoms with E-state index in [2.05, 4.69) is 113 Å². The lowest BCUT2D eigenvalue weighted by Gasteiger charge is -2.24. The molecule has 0 saturated heterocycles. The molecule has 0 radical (unpaired) electrons. The molecule has 0 unspecified atom stereocenters. The lowest BCUT2D eigenvalue weighted by Crippen LogP contribution is -2.24. The van der Waals surface area contributed by atoms with Crippen LogP contribution in [0.5, 0.6) is 0 Å². The molecule has 0 N–H and O–H groups in total. The van der Waals surface area contributed by atoms with Crippen molar-refractivity contribution in [3.05, 3.63) is 124 Å². The Morgan fingerprint density at radius 2 is 1.07 bits per heavy atom. The van der Waals surface area contributed by atoms with Gasteiger partial charge in [0.25, 0.3) is 0 Å². The summed E-state index contributed by atoms with van der Waals surface area (Å²) >= 11 is 3.79. The van der Waals surface area contributed by atoms with Crippen LogP contribution in [0.1, 0.15) is 22.3 Å². The Bertz CT molecular complexity index is 1110. The molecule has 0 aliphatic heterocycles. The summed E-state index contributed by atoms with van der Waals surface area (Å²) in [5.74, 6) is 0. The summed E-state index contributed by atoms with van der Waals surface area (Å²) in [6, 6.07) is 36.3. The van der Waals surface area contributed by atoms with Crippen molar-refractivity contribution in [3.8, 4) is 0 Å². The van der Waals surface area contributed by atoms with E-state index in [0.29, 0.717) is 0 Å². The monoisotopic (exact) mass is 470 g/mol. The fraction of sp³-hybridized carbons (Fsp3) is 0.143. The summed E-state index contributed by atoms with van der Waals surface area (Å²) in [5, 5.41) is 4.37. The lowest BCUT2D eigenvalue weighted by molar-refractivity contribution is 0.922. The minimum atomic E-state index is -0.571. The van der Waals surface area contributed by atoms with E-state index in [1.807, 2.05) is 0 Å². The molecule has 0 heterocycles. The Balaban J connectivity index is 1.64. The van der Waals surface area contributed by atoms with E-state index in [0.717, 1.165) is 25.7 Å². The summed E-state index contributed by atoms with van der Waals surface area (Å²) in [6.45, 7) is 0. The molecule has 4 bridgehead atoms. The predicted octanol–water partition coefficient (Wildman–Crippen LogP) is 6.09. The van der Waals surface area contributed by atoms with Crippen molar-refractivity contribution < 1.29 is 0 Å². The van der Waals surface area contributed by atoms with Crippen LogP contribution >= 0.6 is 23.9 Å². The van der Waals surface area contributed by atoms with E-state index in [4.69, 9.17) is 0 Å². The third-order valence-corrected chi connectivity index (χ3v) is 9.17. The summed E-state index contributed by atoms with van der Waals surface area (Å²) in [4.78, 5) is 0. The molecule has 148 valence electrons. The molecule has 0 spiro atoms. The molecule has 4 aromatic carbocycles. The Morgan fingerprint density at radius 3 is 1.67 bits per heavy atom. The molecular formula is C28H24BrP. The van der Waals surface area contributed by atoms with Crippen molar-refractivity contribution in [2.24, 2.45) is 0 Å². The van der Waals surface area contributed by atoms with Gasteiger partial charge in [-0.15, -0.1) is 0 Å². The SMILES string of the molecule is Brc1cc2ccc1CCc1ccc(c(P(c3ccccc3)c3ccccc3)c1)CC2. The third-order valence-electron chi connectivity index (χ3n) is 5.90. The average molecular weight is 471 g/mol. The topological polar surface area (TPSA) is 0 Å². The first kappa shape index (κ1) is 19.7. The first-order valence-electron chi connectivity index (χ1n) is 10.6. The largest absolute Gasteiger partial charge is 0.0622 e.